The Hall–Kier alpha value is -2.29. The first kappa shape index (κ1) is 15.1. The van der Waals surface area contributed by atoms with E-state index in [1.54, 1.807) is 31.5 Å². The maximum atomic E-state index is 9.87. The normalized spacial score (nSPS) is 11.0. The molecule has 0 aliphatic rings. The predicted molar refractivity (Wildman–Crippen MR) is 87.0 cm³/mol. The number of nitrogens with zero attached hydrogens (tertiary/aromatic N) is 1. The summed E-state index contributed by atoms with van der Waals surface area (Å²) in [6, 6.07) is 13.4. The fraction of sp³-hybridized carbons (Fsp3) is 0.278. The quantitative estimate of drug-likeness (QED) is 0.793. The molecule has 0 amide bonds. The molecule has 0 atom stereocenters. The zero-order valence-corrected chi connectivity index (χ0v) is 12.5. The highest BCUT2D eigenvalue weighted by atomic mass is 16.5. The molecule has 3 heteroatoms. The Morgan fingerprint density at radius 2 is 1.90 bits per heavy atom. The van der Waals surface area contributed by atoms with Gasteiger partial charge in [0.1, 0.15) is 11.5 Å². The molecule has 2 aromatic carbocycles. The minimum absolute atomic E-state index is 0.165. The second-order valence-corrected chi connectivity index (χ2v) is 4.95. The van der Waals surface area contributed by atoms with Crippen molar-refractivity contribution >= 4 is 11.9 Å². The summed E-state index contributed by atoms with van der Waals surface area (Å²) in [7, 11) is 1.57. The first-order valence-electron chi connectivity index (χ1n) is 7.23. The Bertz CT molecular complexity index is 603. The molecular formula is C18H21NO2. The molecule has 3 nitrogen and oxygen atoms in total. The number of benzene rings is 2. The molecule has 0 unspecified atom stereocenters. The SMILES string of the molecule is CCCCc1ccc(/N=C/c2ccc(OC)cc2O)cc1. The van der Waals surface area contributed by atoms with Gasteiger partial charge in [-0.3, -0.25) is 4.99 Å². The van der Waals surface area contributed by atoms with Gasteiger partial charge in [0.05, 0.1) is 12.8 Å². The van der Waals surface area contributed by atoms with E-state index in [0.29, 0.717) is 11.3 Å². The molecule has 2 aromatic rings. The number of aromatic hydroxyl groups is 1. The third kappa shape index (κ3) is 4.35. The van der Waals surface area contributed by atoms with Gasteiger partial charge in [-0.1, -0.05) is 25.5 Å². The molecular weight excluding hydrogens is 262 g/mol. The lowest BCUT2D eigenvalue weighted by Crippen LogP contribution is -1.86. The molecule has 0 saturated heterocycles. The highest BCUT2D eigenvalue weighted by molar-refractivity contribution is 5.85. The van der Waals surface area contributed by atoms with E-state index in [1.165, 1.54) is 18.4 Å². The van der Waals surface area contributed by atoms with Crippen molar-refractivity contribution in [1.82, 2.24) is 0 Å². The Kier molecular flexibility index (Phi) is 5.38. The van der Waals surface area contributed by atoms with Crippen molar-refractivity contribution in [2.75, 3.05) is 7.11 Å². The van der Waals surface area contributed by atoms with Gasteiger partial charge in [0, 0.05) is 17.8 Å². The minimum atomic E-state index is 0.165. The molecule has 0 aliphatic heterocycles. The van der Waals surface area contributed by atoms with E-state index in [-0.39, 0.29) is 5.75 Å². The van der Waals surface area contributed by atoms with E-state index in [2.05, 4.69) is 24.0 Å². The van der Waals surface area contributed by atoms with Crippen LogP contribution in [0.1, 0.15) is 30.9 Å². The van der Waals surface area contributed by atoms with Gasteiger partial charge in [-0.05, 0) is 42.7 Å². The maximum absolute atomic E-state index is 9.87. The number of methoxy groups -OCH3 is 1. The second kappa shape index (κ2) is 7.48. The maximum Gasteiger partial charge on any atom is 0.128 e. The van der Waals surface area contributed by atoms with E-state index in [4.69, 9.17) is 4.74 Å². The highest BCUT2D eigenvalue weighted by Crippen LogP contribution is 2.23. The van der Waals surface area contributed by atoms with Gasteiger partial charge in [0.2, 0.25) is 0 Å². The van der Waals surface area contributed by atoms with Crippen LogP contribution in [0.15, 0.2) is 47.5 Å². The van der Waals surface area contributed by atoms with Crippen molar-refractivity contribution in [1.29, 1.82) is 0 Å². The zero-order chi connectivity index (χ0) is 15.1. The van der Waals surface area contributed by atoms with Crippen molar-refractivity contribution in [3.05, 3.63) is 53.6 Å². The van der Waals surface area contributed by atoms with Crippen molar-refractivity contribution in [3.8, 4) is 11.5 Å². The molecule has 110 valence electrons. The molecule has 0 radical (unpaired) electrons. The third-order valence-electron chi connectivity index (χ3n) is 3.35. The summed E-state index contributed by atoms with van der Waals surface area (Å²) in [4.78, 5) is 4.39. The van der Waals surface area contributed by atoms with Gasteiger partial charge in [0.25, 0.3) is 0 Å². The van der Waals surface area contributed by atoms with Crippen LogP contribution in [-0.2, 0) is 6.42 Å². The van der Waals surface area contributed by atoms with Crippen LogP contribution in [0.2, 0.25) is 0 Å². The van der Waals surface area contributed by atoms with Gasteiger partial charge in [-0.15, -0.1) is 0 Å². The molecule has 0 fully saturated rings. The van der Waals surface area contributed by atoms with Gasteiger partial charge >= 0.3 is 0 Å². The van der Waals surface area contributed by atoms with Gasteiger partial charge < -0.3 is 9.84 Å². The zero-order valence-electron chi connectivity index (χ0n) is 12.5. The lowest BCUT2D eigenvalue weighted by Gasteiger charge is -2.03. The van der Waals surface area contributed by atoms with Crippen LogP contribution in [0, 0.1) is 0 Å². The number of aryl methyl sites for hydroxylation is 1. The molecule has 0 spiro atoms. The summed E-state index contributed by atoms with van der Waals surface area (Å²) in [5, 5.41) is 9.87. The Morgan fingerprint density at radius 1 is 1.14 bits per heavy atom. The number of rotatable bonds is 6. The second-order valence-electron chi connectivity index (χ2n) is 4.95. The molecule has 2 rings (SSSR count). The van der Waals surface area contributed by atoms with Gasteiger partial charge in [-0.2, -0.15) is 0 Å². The van der Waals surface area contributed by atoms with Crippen LogP contribution in [0.5, 0.6) is 11.5 Å². The average Bonchev–Trinajstić information content (AvgIpc) is 2.52. The van der Waals surface area contributed by atoms with Crippen LogP contribution in [-0.4, -0.2) is 18.4 Å². The fourth-order valence-electron chi connectivity index (χ4n) is 2.03. The Balaban J connectivity index is 2.06. The largest absolute Gasteiger partial charge is 0.507 e. The monoisotopic (exact) mass is 283 g/mol. The van der Waals surface area contributed by atoms with Crippen LogP contribution < -0.4 is 4.74 Å². The summed E-state index contributed by atoms with van der Waals surface area (Å²) < 4.78 is 5.05. The van der Waals surface area contributed by atoms with E-state index in [9.17, 15) is 5.11 Å². The first-order valence-corrected chi connectivity index (χ1v) is 7.23. The number of hydrogen-bond donors (Lipinski definition) is 1. The molecule has 1 N–H and O–H groups in total. The van der Waals surface area contributed by atoms with Crippen LogP contribution in [0.4, 0.5) is 5.69 Å². The molecule has 0 aliphatic carbocycles. The number of unbranched alkanes of at least 4 members (excludes halogenated alkanes) is 1. The summed E-state index contributed by atoms with van der Waals surface area (Å²) in [5.41, 5.74) is 2.89. The summed E-state index contributed by atoms with van der Waals surface area (Å²) in [6.45, 7) is 2.19. The topological polar surface area (TPSA) is 41.8 Å². The number of phenolic OH excluding ortho intramolecular Hbond substituents is 1. The van der Waals surface area contributed by atoms with Crippen molar-refractivity contribution < 1.29 is 9.84 Å². The number of aliphatic imine (C=N–C) groups is 1. The third-order valence-corrected chi connectivity index (χ3v) is 3.35. The van der Waals surface area contributed by atoms with Crippen LogP contribution >= 0.6 is 0 Å². The van der Waals surface area contributed by atoms with E-state index in [0.717, 1.165) is 12.1 Å². The van der Waals surface area contributed by atoms with Crippen LogP contribution in [0.3, 0.4) is 0 Å². The van der Waals surface area contributed by atoms with Crippen molar-refractivity contribution in [2.45, 2.75) is 26.2 Å². The standard InChI is InChI=1S/C18H21NO2/c1-3-4-5-14-6-9-16(10-7-14)19-13-15-8-11-17(21-2)12-18(15)20/h6-13,20H,3-5H2,1-2H3/b19-13+. The van der Waals surface area contributed by atoms with Gasteiger partial charge in [0.15, 0.2) is 0 Å². The molecule has 21 heavy (non-hydrogen) atoms. The summed E-state index contributed by atoms with van der Waals surface area (Å²) >= 11 is 0. The van der Waals surface area contributed by atoms with E-state index >= 15 is 0 Å². The Morgan fingerprint density at radius 3 is 2.52 bits per heavy atom. The smallest absolute Gasteiger partial charge is 0.128 e. The number of hydrogen-bond acceptors (Lipinski definition) is 3. The van der Waals surface area contributed by atoms with Crippen LogP contribution in [0.25, 0.3) is 0 Å². The van der Waals surface area contributed by atoms with E-state index in [1.807, 2.05) is 12.1 Å². The lowest BCUT2D eigenvalue weighted by atomic mass is 10.1. The van der Waals surface area contributed by atoms with Crippen molar-refractivity contribution in [2.24, 2.45) is 4.99 Å². The highest BCUT2D eigenvalue weighted by Gasteiger charge is 2.00. The number of phenols is 1. The lowest BCUT2D eigenvalue weighted by molar-refractivity contribution is 0.407. The fourth-order valence-corrected chi connectivity index (χ4v) is 2.03. The predicted octanol–water partition coefficient (Wildman–Crippen LogP) is 4.49. The molecule has 0 aromatic heterocycles. The van der Waals surface area contributed by atoms with Gasteiger partial charge in [-0.25, -0.2) is 0 Å². The summed E-state index contributed by atoms with van der Waals surface area (Å²) in [5.74, 6) is 0.794. The average molecular weight is 283 g/mol. The Labute approximate surface area is 125 Å². The first-order chi connectivity index (χ1) is 10.2. The molecule has 0 saturated carbocycles. The molecule has 0 heterocycles. The number of ether oxygens (including phenoxy) is 1. The minimum Gasteiger partial charge on any atom is -0.507 e. The van der Waals surface area contributed by atoms with Crippen molar-refractivity contribution in [3.63, 3.8) is 0 Å². The summed E-state index contributed by atoms with van der Waals surface area (Å²) in [6.07, 6.45) is 5.19. The van der Waals surface area contributed by atoms with E-state index < -0.39 is 0 Å². The molecule has 0 bridgehead atoms.